The summed E-state index contributed by atoms with van der Waals surface area (Å²) in [6.07, 6.45) is 3.07. The van der Waals surface area contributed by atoms with E-state index in [1.54, 1.807) is 0 Å². The van der Waals surface area contributed by atoms with Crippen LogP contribution in [0.4, 0.5) is 0 Å². The SMILES string of the molecule is NC(=S)C1CCCC1N1C(=O)C2CCC(O2)C1=O. The molecule has 0 spiro atoms. The zero-order valence-electron chi connectivity index (χ0n) is 10.0. The second-order valence-corrected chi connectivity index (χ2v) is 5.72. The molecular formula is C12H16N2O3S. The van der Waals surface area contributed by atoms with Gasteiger partial charge >= 0.3 is 0 Å². The van der Waals surface area contributed by atoms with Gasteiger partial charge in [-0.1, -0.05) is 18.6 Å². The first-order chi connectivity index (χ1) is 8.59. The summed E-state index contributed by atoms with van der Waals surface area (Å²) in [7, 11) is 0. The Kier molecular flexibility index (Phi) is 2.86. The molecule has 2 heterocycles. The van der Waals surface area contributed by atoms with Crippen molar-refractivity contribution in [2.24, 2.45) is 11.7 Å². The van der Waals surface area contributed by atoms with Crippen LogP contribution in [0.2, 0.25) is 0 Å². The summed E-state index contributed by atoms with van der Waals surface area (Å²) in [6.45, 7) is 0. The Morgan fingerprint density at radius 3 is 2.33 bits per heavy atom. The molecule has 2 N–H and O–H groups in total. The third-order valence-corrected chi connectivity index (χ3v) is 4.52. The van der Waals surface area contributed by atoms with Gasteiger partial charge in [-0.2, -0.15) is 0 Å². The topological polar surface area (TPSA) is 72.6 Å². The zero-order chi connectivity index (χ0) is 12.9. The van der Waals surface area contributed by atoms with Gasteiger partial charge in [-0.15, -0.1) is 0 Å². The fraction of sp³-hybridized carbons (Fsp3) is 0.750. The molecule has 2 bridgehead atoms. The number of nitrogens with two attached hydrogens (primary N) is 1. The van der Waals surface area contributed by atoms with Gasteiger partial charge in [0.05, 0.1) is 4.99 Å². The van der Waals surface area contributed by atoms with Gasteiger partial charge in [0.1, 0.15) is 12.2 Å². The lowest BCUT2D eigenvalue weighted by Gasteiger charge is -2.36. The molecule has 4 unspecified atom stereocenters. The highest BCUT2D eigenvalue weighted by molar-refractivity contribution is 7.80. The molecule has 2 aliphatic heterocycles. The van der Waals surface area contributed by atoms with Crippen LogP contribution in [0.1, 0.15) is 32.1 Å². The second kappa shape index (κ2) is 4.28. The highest BCUT2D eigenvalue weighted by atomic mass is 32.1. The molecule has 0 aromatic carbocycles. The Morgan fingerprint density at radius 1 is 1.17 bits per heavy atom. The summed E-state index contributed by atoms with van der Waals surface area (Å²) in [5.41, 5.74) is 5.72. The van der Waals surface area contributed by atoms with Crippen LogP contribution in [-0.2, 0) is 14.3 Å². The van der Waals surface area contributed by atoms with Crippen molar-refractivity contribution in [1.82, 2.24) is 4.90 Å². The maximum Gasteiger partial charge on any atom is 0.258 e. The number of nitrogens with zero attached hydrogens (tertiary/aromatic N) is 1. The molecule has 6 heteroatoms. The van der Waals surface area contributed by atoms with E-state index < -0.39 is 12.2 Å². The summed E-state index contributed by atoms with van der Waals surface area (Å²) >= 11 is 5.05. The lowest BCUT2D eigenvalue weighted by Crippen LogP contribution is -2.57. The summed E-state index contributed by atoms with van der Waals surface area (Å²) in [6, 6.07) is -0.144. The number of carbonyl (C=O) groups is 2. The Hall–Kier alpha value is -1.01. The smallest absolute Gasteiger partial charge is 0.258 e. The predicted octanol–water partition coefficient (Wildman–Crippen LogP) is 0.358. The molecule has 3 fully saturated rings. The first kappa shape index (κ1) is 12.0. The number of fused-ring (bicyclic) bond motifs is 2. The van der Waals surface area contributed by atoms with E-state index in [4.69, 9.17) is 22.7 Å². The van der Waals surface area contributed by atoms with Crippen LogP contribution in [0.25, 0.3) is 0 Å². The molecule has 0 aromatic rings. The quantitative estimate of drug-likeness (QED) is 0.578. The van der Waals surface area contributed by atoms with Crippen LogP contribution < -0.4 is 5.73 Å². The Morgan fingerprint density at radius 2 is 1.78 bits per heavy atom. The molecular weight excluding hydrogens is 252 g/mol. The molecule has 3 rings (SSSR count). The molecule has 2 amide bonds. The molecule has 5 nitrogen and oxygen atoms in total. The monoisotopic (exact) mass is 268 g/mol. The van der Waals surface area contributed by atoms with Crippen LogP contribution in [0, 0.1) is 5.92 Å². The summed E-state index contributed by atoms with van der Waals surface area (Å²) in [5, 5.41) is 0. The third kappa shape index (κ3) is 1.66. The maximum absolute atomic E-state index is 12.2. The fourth-order valence-corrected chi connectivity index (χ4v) is 3.60. The number of hydrogen-bond donors (Lipinski definition) is 1. The van der Waals surface area contributed by atoms with E-state index in [0.29, 0.717) is 17.8 Å². The van der Waals surface area contributed by atoms with Crippen molar-refractivity contribution >= 4 is 29.0 Å². The van der Waals surface area contributed by atoms with E-state index in [0.717, 1.165) is 19.3 Å². The highest BCUT2D eigenvalue weighted by Crippen LogP contribution is 2.36. The Bertz CT molecular complexity index is 404. The molecule has 0 aromatic heterocycles. The van der Waals surface area contributed by atoms with Crippen molar-refractivity contribution in [1.29, 1.82) is 0 Å². The number of rotatable bonds is 2. The summed E-state index contributed by atoms with van der Waals surface area (Å²) in [4.78, 5) is 26.3. The fourth-order valence-electron chi connectivity index (χ4n) is 3.33. The van der Waals surface area contributed by atoms with E-state index in [1.165, 1.54) is 4.90 Å². The largest absolute Gasteiger partial charge is 0.393 e. The van der Waals surface area contributed by atoms with E-state index >= 15 is 0 Å². The minimum Gasteiger partial charge on any atom is -0.393 e. The van der Waals surface area contributed by atoms with E-state index in [2.05, 4.69) is 0 Å². The Balaban J connectivity index is 1.88. The van der Waals surface area contributed by atoms with Crippen molar-refractivity contribution < 1.29 is 14.3 Å². The molecule has 0 radical (unpaired) electrons. The average molecular weight is 268 g/mol. The number of morpholine rings is 1. The first-order valence-corrected chi connectivity index (χ1v) is 6.82. The number of carbonyl (C=O) groups excluding carboxylic acids is 2. The van der Waals surface area contributed by atoms with Gasteiger partial charge in [0.15, 0.2) is 0 Å². The minimum absolute atomic E-state index is 0.0228. The number of amides is 2. The van der Waals surface area contributed by atoms with Gasteiger partial charge in [0, 0.05) is 12.0 Å². The van der Waals surface area contributed by atoms with Crippen LogP contribution in [0.3, 0.4) is 0 Å². The van der Waals surface area contributed by atoms with Crippen LogP contribution in [-0.4, -0.2) is 40.0 Å². The second-order valence-electron chi connectivity index (χ2n) is 5.24. The van der Waals surface area contributed by atoms with E-state index in [1.807, 2.05) is 0 Å². The number of thiocarbonyl (C=S) groups is 1. The standard InChI is InChI=1S/C12H16N2O3S/c13-10(18)6-2-1-3-7(6)14-11(15)8-4-5-9(17-8)12(14)16/h6-9H,1-5H2,(H2,13,18). The molecule has 4 atom stereocenters. The summed E-state index contributed by atoms with van der Waals surface area (Å²) < 4.78 is 5.40. The van der Waals surface area contributed by atoms with Crippen LogP contribution >= 0.6 is 12.2 Å². The van der Waals surface area contributed by atoms with Crippen molar-refractivity contribution in [2.75, 3.05) is 0 Å². The molecule has 18 heavy (non-hydrogen) atoms. The lowest BCUT2D eigenvalue weighted by molar-refractivity contribution is -0.171. The van der Waals surface area contributed by atoms with Gasteiger partial charge in [-0.25, -0.2) is 0 Å². The zero-order valence-corrected chi connectivity index (χ0v) is 10.8. The number of likely N-dealkylation sites (tertiary alicyclic amines) is 1. The minimum atomic E-state index is -0.430. The van der Waals surface area contributed by atoms with Gasteiger partial charge in [0.2, 0.25) is 0 Å². The van der Waals surface area contributed by atoms with Gasteiger partial charge in [-0.3, -0.25) is 14.5 Å². The highest BCUT2D eigenvalue weighted by Gasteiger charge is 2.51. The van der Waals surface area contributed by atoms with Crippen molar-refractivity contribution in [3.63, 3.8) is 0 Å². The Labute approximate surface area is 111 Å². The number of ether oxygens (including phenoxy) is 1. The number of imide groups is 1. The normalized spacial score (nSPS) is 39.4. The van der Waals surface area contributed by atoms with Crippen LogP contribution in [0.15, 0.2) is 0 Å². The summed E-state index contributed by atoms with van der Waals surface area (Å²) in [5.74, 6) is -0.408. The van der Waals surface area contributed by atoms with Gasteiger partial charge < -0.3 is 10.5 Å². The van der Waals surface area contributed by atoms with Gasteiger partial charge in [0.25, 0.3) is 11.8 Å². The van der Waals surface area contributed by atoms with E-state index in [-0.39, 0.29) is 23.8 Å². The molecule has 98 valence electrons. The molecule has 2 saturated heterocycles. The lowest BCUT2D eigenvalue weighted by atomic mass is 10.0. The van der Waals surface area contributed by atoms with E-state index in [9.17, 15) is 9.59 Å². The average Bonchev–Trinajstić information content (AvgIpc) is 2.95. The maximum atomic E-state index is 12.2. The van der Waals surface area contributed by atoms with Crippen molar-refractivity contribution in [3.8, 4) is 0 Å². The number of hydrogen-bond acceptors (Lipinski definition) is 4. The van der Waals surface area contributed by atoms with Crippen molar-refractivity contribution in [2.45, 2.75) is 50.4 Å². The van der Waals surface area contributed by atoms with Gasteiger partial charge in [-0.05, 0) is 25.7 Å². The third-order valence-electron chi connectivity index (χ3n) is 4.22. The van der Waals surface area contributed by atoms with Crippen molar-refractivity contribution in [3.05, 3.63) is 0 Å². The molecule has 3 aliphatic rings. The predicted molar refractivity (Wildman–Crippen MR) is 67.7 cm³/mol. The van der Waals surface area contributed by atoms with Crippen LogP contribution in [0.5, 0.6) is 0 Å². The first-order valence-electron chi connectivity index (χ1n) is 6.41. The molecule has 1 saturated carbocycles. The molecule has 1 aliphatic carbocycles.